The van der Waals surface area contributed by atoms with Crippen LogP contribution >= 0.6 is 0 Å². The van der Waals surface area contributed by atoms with Crippen molar-refractivity contribution < 1.29 is 39.8 Å². The number of amides is 1. The van der Waals surface area contributed by atoms with Gasteiger partial charge in [0.15, 0.2) is 6.29 Å². The van der Waals surface area contributed by atoms with Crippen LogP contribution in [0.3, 0.4) is 0 Å². The third-order valence-electron chi connectivity index (χ3n) is 14.9. The summed E-state index contributed by atoms with van der Waals surface area (Å²) in [6.45, 7) is 3.80. The van der Waals surface area contributed by atoms with Crippen LogP contribution in [0.2, 0.25) is 0 Å². The number of carbonyl (C=O) groups is 1. The van der Waals surface area contributed by atoms with Gasteiger partial charge in [0, 0.05) is 6.42 Å². The number of unbranched alkanes of at least 4 members (excludes halogenated alkanes) is 40. The smallest absolute Gasteiger partial charge is 0.220 e. The summed E-state index contributed by atoms with van der Waals surface area (Å²) >= 11 is 0. The summed E-state index contributed by atoms with van der Waals surface area (Å²) in [4.78, 5) is 13.1. The van der Waals surface area contributed by atoms with Crippen LogP contribution < -0.4 is 5.32 Å². The number of rotatable bonds is 54. The van der Waals surface area contributed by atoms with Gasteiger partial charge in [0.25, 0.3) is 0 Å². The second-order valence-electron chi connectivity index (χ2n) is 21.8. The van der Waals surface area contributed by atoms with Crippen LogP contribution in [0.5, 0.6) is 0 Å². The van der Waals surface area contributed by atoms with Gasteiger partial charge < -0.3 is 40.3 Å². The average molecular weight is 1020 g/mol. The van der Waals surface area contributed by atoms with Gasteiger partial charge in [0.2, 0.25) is 5.91 Å². The molecule has 424 valence electrons. The minimum absolute atomic E-state index is 0.185. The van der Waals surface area contributed by atoms with E-state index in [4.69, 9.17) is 9.47 Å². The Kier molecular flexibility index (Phi) is 50.2. The topological polar surface area (TPSA) is 149 Å². The molecule has 9 heteroatoms. The number of hydrogen-bond acceptors (Lipinski definition) is 8. The monoisotopic (exact) mass is 1020 g/mol. The van der Waals surface area contributed by atoms with E-state index < -0.39 is 49.5 Å². The maximum atomic E-state index is 13.1. The zero-order valence-electron chi connectivity index (χ0n) is 47.2. The standard InChI is InChI=1S/C63H119NO8/c1-3-5-7-9-11-13-15-17-19-21-23-25-27-29-30-32-34-36-38-40-42-44-46-48-50-52-57(66)56(55-71-63-62(70)61(69)60(68)58(54-65)72-63)64-59(67)53-51-49-47-45-43-41-39-37-35-33-31-28-26-24-22-20-18-16-14-12-10-8-6-4-2/h34,36,42,44,50,52,56-58,60-63,65-66,68-70H,3-33,35,37-41,43,45-49,51,53-55H2,1-2H3,(H,64,67)/b36-34+,44-42+,52-50+. The third-order valence-corrected chi connectivity index (χ3v) is 14.9. The van der Waals surface area contributed by atoms with E-state index in [1.54, 1.807) is 6.08 Å². The highest BCUT2D eigenvalue weighted by molar-refractivity contribution is 5.76. The minimum Gasteiger partial charge on any atom is -0.394 e. The Morgan fingerprint density at radius 2 is 0.792 bits per heavy atom. The van der Waals surface area contributed by atoms with Crippen LogP contribution in [0.1, 0.15) is 303 Å². The SMILES string of the molecule is CCCCCCCCCCCCCCCCC/C=C/CC/C=C/CC/C=C/C(O)C(COC1OC(CO)C(O)C(O)C1O)NC(=O)CCCCCCCCCCCCCCCCCCCCCCCCCC. The summed E-state index contributed by atoms with van der Waals surface area (Å²) in [5, 5.41) is 54.6. The van der Waals surface area contributed by atoms with Crippen LogP contribution in [0.4, 0.5) is 0 Å². The molecule has 7 unspecified atom stereocenters. The van der Waals surface area contributed by atoms with Gasteiger partial charge >= 0.3 is 0 Å². The molecule has 0 saturated carbocycles. The molecule has 6 N–H and O–H groups in total. The van der Waals surface area contributed by atoms with E-state index in [1.165, 1.54) is 238 Å². The van der Waals surface area contributed by atoms with Crippen LogP contribution in [-0.4, -0.2) is 87.5 Å². The maximum absolute atomic E-state index is 13.1. The fraction of sp³-hybridized carbons (Fsp3) is 0.889. The lowest BCUT2D eigenvalue weighted by Crippen LogP contribution is -2.60. The van der Waals surface area contributed by atoms with E-state index in [1.807, 2.05) is 6.08 Å². The first-order valence-corrected chi connectivity index (χ1v) is 31.2. The highest BCUT2D eigenvalue weighted by Crippen LogP contribution is 2.23. The van der Waals surface area contributed by atoms with E-state index in [-0.39, 0.29) is 12.5 Å². The van der Waals surface area contributed by atoms with Crippen LogP contribution in [0.15, 0.2) is 36.5 Å². The highest BCUT2D eigenvalue weighted by Gasteiger charge is 2.44. The van der Waals surface area contributed by atoms with E-state index in [0.29, 0.717) is 6.42 Å². The van der Waals surface area contributed by atoms with Gasteiger partial charge in [-0.25, -0.2) is 0 Å². The number of ether oxygens (including phenoxy) is 2. The van der Waals surface area contributed by atoms with E-state index in [2.05, 4.69) is 43.5 Å². The second kappa shape index (κ2) is 52.8. The predicted octanol–water partition coefficient (Wildman–Crippen LogP) is 15.9. The van der Waals surface area contributed by atoms with Gasteiger partial charge in [-0.15, -0.1) is 0 Å². The fourth-order valence-electron chi connectivity index (χ4n) is 10.0. The summed E-state index contributed by atoms with van der Waals surface area (Å²) in [6.07, 6.45) is 62.3. The molecule has 72 heavy (non-hydrogen) atoms. The van der Waals surface area contributed by atoms with Crippen molar-refractivity contribution >= 4 is 5.91 Å². The summed E-state index contributed by atoms with van der Waals surface area (Å²) in [7, 11) is 0. The lowest BCUT2D eigenvalue weighted by atomic mass is 9.99. The molecule has 1 aliphatic rings. The Morgan fingerprint density at radius 3 is 1.17 bits per heavy atom. The van der Waals surface area contributed by atoms with Crippen molar-refractivity contribution in [3.05, 3.63) is 36.5 Å². The van der Waals surface area contributed by atoms with Crippen molar-refractivity contribution in [2.75, 3.05) is 13.2 Å². The number of hydrogen-bond donors (Lipinski definition) is 6. The Hall–Kier alpha value is -1.59. The molecule has 1 rings (SSSR count). The Balaban J connectivity index is 2.22. The first-order valence-electron chi connectivity index (χ1n) is 31.2. The molecule has 1 heterocycles. The van der Waals surface area contributed by atoms with Crippen LogP contribution in [0, 0.1) is 0 Å². The second-order valence-corrected chi connectivity index (χ2v) is 21.8. The molecule has 0 spiro atoms. The van der Waals surface area contributed by atoms with Crippen molar-refractivity contribution in [2.45, 2.75) is 346 Å². The number of allylic oxidation sites excluding steroid dienone is 5. The zero-order valence-corrected chi connectivity index (χ0v) is 47.2. The molecule has 0 aromatic carbocycles. The van der Waals surface area contributed by atoms with Crippen LogP contribution in [0.25, 0.3) is 0 Å². The van der Waals surface area contributed by atoms with Crippen molar-refractivity contribution in [3.8, 4) is 0 Å². The summed E-state index contributed by atoms with van der Waals surface area (Å²) in [5.41, 5.74) is 0. The summed E-state index contributed by atoms with van der Waals surface area (Å²) in [5.74, 6) is -0.185. The molecule has 0 aromatic rings. The third kappa shape index (κ3) is 41.6. The largest absolute Gasteiger partial charge is 0.394 e. The molecule has 7 atom stereocenters. The van der Waals surface area contributed by atoms with E-state index >= 15 is 0 Å². The van der Waals surface area contributed by atoms with Gasteiger partial charge in [0.05, 0.1) is 25.4 Å². The molecule has 1 fully saturated rings. The van der Waals surface area contributed by atoms with Crippen LogP contribution in [-0.2, 0) is 14.3 Å². The minimum atomic E-state index is -1.57. The lowest BCUT2D eigenvalue weighted by molar-refractivity contribution is -0.302. The van der Waals surface area contributed by atoms with Gasteiger partial charge in [-0.3, -0.25) is 4.79 Å². The van der Waals surface area contributed by atoms with Crippen molar-refractivity contribution in [1.82, 2.24) is 5.32 Å². The lowest BCUT2D eigenvalue weighted by Gasteiger charge is -2.40. The quantitative estimate of drug-likeness (QED) is 0.0261. The molecular formula is C63H119NO8. The number of nitrogens with one attached hydrogen (secondary N) is 1. The highest BCUT2D eigenvalue weighted by atomic mass is 16.7. The maximum Gasteiger partial charge on any atom is 0.220 e. The number of carbonyl (C=O) groups excluding carboxylic acids is 1. The fourth-order valence-corrected chi connectivity index (χ4v) is 10.0. The summed E-state index contributed by atoms with van der Waals surface area (Å²) < 4.78 is 11.3. The predicted molar refractivity (Wildman–Crippen MR) is 304 cm³/mol. The first-order chi connectivity index (χ1) is 35.3. The van der Waals surface area contributed by atoms with Gasteiger partial charge in [-0.05, 0) is 44.9 Å². The molecule has 0 bridgehead atoms. The average Bonchev–Trinajstić information content (AvgIpc) is 3.38. The molecular weight excluding hydrogens is 899 g/mol. The summed E-state index contributed by atoms with van der Waals surface area (Å²) in [6, 6.07) is -0.827. The molecule has 1 amide bonds. The Morgan fingerprint density at radius 1 is 0.458 bits per heavy atom. The Bertz CT molecular complexity index is 1230. The van der Waals surface area contributed by atoms with E-state index in [0.717, 1.165) is 44.9 Å². The number of aliphatic hydroxyl groups is 5. The van der Waals surface area contributed by atoms with Gasteiger partial charge in [-0.1, -0.05) is 288 Å². The zero-order chi connectivity index (χ0) is 52.2. The first kappa shape index (κ1) is 68.4. The molecule has 0 aliphatic carbocycles. The number of aliphatic hydroxyl groups excluding tert-OH is 5. The van der Waals surface area contributed by atoms with Gasteiger partial charge in [0.1, 0.15) is 24.4 Å². The van der Waals surface area contributed by atoms with E-state index in [9.17, 15) is 30.3 Å². The molecule has 9 nitrogen and oxygen atoms in total. The molecule has 1 saturated heterocycles. The van der Waals surface area contributed by atoms with Crippen molar-refractivity contribution in [3.63, 3.8) is 0 Å². The molecule has 1 aliphatic heterocycles. The Labute approximate surface area is 444 Å². The van der Waals surface area contributed by atoms with Gasteiger partial charge in [-0.2, -0.15) is 0 Å². The van der Waals surface area contributed by atoms with Crippen molar-refractivity contribution in [1.29, 1.82) is 0 Å². The normalized spacial score (nSPS) is 19.3. The molecule has 0 aromatic heterocycles. The van der Waals surface area contributed by atoms with Crippen molar-refractivity contribution in [2.24, 2.45) is 0 Å². The molecule has 0 radical (unpaired) electrons.